The molecule has 25 heavy (non-hydrogen) atoms. The molecule has 1 aliphatic rings. The number of benzene rings is 1. The van der Waals surface area contributed by atoms with Crippen LogP contribution in [0.5, 0.6) is 11.5 Å². The summed E-state index contributed by atoms with van der Waals surface area (Å²) in [5.41, 5.74) is 6.45. The molecule has 0 radical (unpaired) electrons. The SMILES string of the molecule is COc1ccc(OCC(=O)N2CCOC(c3cccc(N)n3)C2)cc1. The van der Waals surface area contributed by atoms with Gasteiger partial charge in [0.15, 0.2) is 6.61 Å². The number of anilines is 1. The normalized spacial score (nSPS) is 17.2. The maximum absolute atomic E-state index is 12.4. The maximum Gasteiger partial charge on any atom is 0.260 e. The Morgan fingerprint density at radius 3 is 2.76 bits per heavy atom. The van der Waals surface area contributed by atoms with Crippen molar-refractivity contribution in [2.45, 2.75) is 6.10 Å². The predicted octanol–water partition coefficient (Wildman–Crippen LogP) is 1.65. The maximum atomic E-state index is 12.4. The standard InChI is InChI=1S/C18H21N3O4/c1-23-13-5-7-14(8-6-13)25-12-18(22)21-9-10-24-16(11-21)15-3-2-4-17(19)20-15/h2-8,16H,9-12H2,1H3,(H2,19,20). The highest BCUT2D eigenvalue weighted by Crippen LogP contribution is 2.22. The Morgan fingerprint density at radius 2 is 2.04 bits per heavy atom. The number of methoxy groups -OCH3 is 1. The van der Waals surface area contributed by atoms with Crippen LogP contribution in [0.2, 0.25) is 0 Å². The van der Waals surface area contributed by atoms with Gasteiger partial charge < -0.3 is 24.8 Å². The molecule has 132 valence electrons. The van der Waals surface area contributed by atoms with Gasteiger partial charge in [-0.25, -0.2) is 4.98 Å². The van der Waals surface area contributed by atoms with Crippen molar-refractivity contribution >= 4 is 11.7 Å². The van der Waals surface area contributed by atoms with Gasteiger partial charge in [0.25, 0.3) is 5.91 Å². The van der Waals surface area contributed by atoms with E-state index in [0.717, 1.165) is 11.4 Å². The number of carbonyl (C=O) groups excluding carboxylic acids is 1. The number of hydrogen-bond acceptors (Lipinski definition) is 6. The number of nitrogen functional groups attached to an aromatic ring is 1. The number of carbonyl (C=O) groups is 1. The van der Waals surface area contributed by atoms with Crippen LogP contribution in [0.1, 0.15) is 11.8 Å². The molecule has 1 saturated heterocycles. The molecule has 1 aromatic heterocycles. The van der Waals surface area contributed by atoms with Crippen LogP contribution < -0.4 is 15.2 Å². The molecule has 1 atom stereocenters. The number of morpholine rings is 1. The van der Waals surface area contributed by atoms with Gasteiger partial charge in [-0.1, -0.05) is 6.07 Å². The number of pyridine rings is 1. The van der Waals surface area contributed by atoms with Crippen molar-refractivity contribution in [2.75, 3.05) is 39.1 Å². The van der Waals surface area contributed by atoms with Crippen molar-refractivity contribution in [3.05, 3.63) is 48.2 Å². The van der Waals surface area contributed by atoms with E-state index in [4.69, 9.17) is 19.9 Å². The van der Waals surface area contributed by atoms with Crippen molar-refractivity contribution in [3.63, 3.8) is 0 Å². The van der Waals surface area contributed by atoms with Crippen LogP contribution in [0.25, 0.3) is 0 Å². The molecular formula is C18H21N3O4. The van der Waals surface area contributed by atoms with Crippen LogP contribution in [-0.2, 0) is 9.53 Å². The number of nitrogens with zero attached hydrogens (tertiary/aromatic N) is 2. The van der Waals surface area contributed by atoms with Crippen LogP contribution in [0.3, 0.4) is 0 Å². The van der Waals surface area contributed by atoms with Gasteiger partial charge in [-0.05, 0) is 36.4 Å². The van der Waals surface area contributed by atoms with E-state index in [0.29, 0.717) is 31.3 Å². The quantitative estimate of drug-likeness (QED) is 0.888. The third-order valence-electron chi connectivity index (χ3n) is 3.96. The largest absolute Gasteiger partial charge is 0.497 e. The highest BCUT2D eigenvalue weighted by Gasteiger charge is 2.26. The molecule has 1 unspecified atom stereocenters. The van der Waals surface area contributed by atoms with Gasteiger partial charge in [0.2, 0.25) is 0 Å². The second kappa shape index (κ2) is 7.85. The first-order chi connectivity index (χ1) is 12.2. The summed E-state index contributed by atoms with van der Waals surface area (Å²) in [4.78, 5) is 18.4. The Kier molecular flexibility index (Phi) is 5.35. The lowest BCUT2D eigenvalue weighted by molar-refractivity contribution is -0.141. The summed E-state index contributed by atoms with van der Waals surface area (Å²) >= 11 is 0. The van der Waals surface area contributed by atoms with Gasteiger partial charge in [-0.2, -0.15) is 0 Å². The number of aromatic nitrogens is 1. The van der Waals surface area contributed by atoms with E-state index >= 15 is 0 Å². The summed E-state index contributed by atoms with van der Waals surface area (Å²) < 4.78 is 16.4. The van der Waals surface area contributed by atoms with Gasteiger partial charge in [-0.15, -0.1) is 0 Å². The minimum Gasteiger partial charge on any atom is -0.497 e. The van der Waals surface area contributed by atoms with Gasteiger partial charge >= 0.3 is 0 Å². The van der Waals surface area contributed by atoms with E-state index in [2.05, 4.69) is 4.98 Å². The van der Waals surface area contributed by atoms with Gasteiger partial charge in [0.05, 0.1) is 26.0 Å². The minimum absolute atomic E-state index is 0.0244. The number of amides is 1. The Balaban J connectivity index is 1.56. The Morgan fingerprint density at radius 1 is 1.28 bits per heavy atom. The molecule has 2 aromatic rings. The van der Waals surface area contributed by atoms with Gasteiger partial charge in [0.1, 0.15) is 23.4 Å². The van der Waals surface area contributed by atoms with E-state index in [1.54, 1.807) is 42.3 Å². The second-order valence-electron chi connectivity index (χ2n) is 5.65. The number of nitrogens with two attached hydrogens (primary N) is 1. The fourth-order valence-corrected chi connectivity index (χ4v) is 2.61. The lowest BCUT2D eigenvalue weighted by atomic mass is 10.2. The molecule has 0 bridgehead atoms. The van der Waals surface area contributed by atoms with Crippen molar-refractivity contribution in [1.82, 2.24) is 9.88 Å². The lowest BCUT2D eigenvalue weighted by Crippen LogP contribution is -2.44. The molecular weight excluding hydrogens is 322 g/mol. The van der Waals surface area contributed by atoms with E-state index in [-0.39, 0.29) is 18.6 Å². The summed E-state index contributed by atoms with van der Waals surface area (Å²) in [6.45, 7) is 1.39. The zero-order valence-corrected chi connectivity index (χ0v) is 14.1. The summed E-state index contributed by atoms with van der Waals surface area (Å²) in [5.74, 6) is 1.71. The van der Waals surface area contributed by atoms with Crippen LogP contribution in [0, 0.1) is 0 Å². The Labute approximate surface area is 146 Å². The number of hydrogen-bond donors (Lipinski definition) is 1. The summed E-state index contributed by atoms with van der Waals surface area (Å²) in [6.07, 6.45) is -0.276. The Hall–Kier alpha value is -2.80. The molecule has 3 rings (SSSR count). The highest BCUT2D eigenvalue weighted by atomic mass is 16.5. The average Bonchev–Trinajstić information content (AvgIpc) is 2.66. The minimum atomic E-state index is -0.276. The number of ether oxygens (including phenoxy) is 3. The predicted molar refractivity (Wildman–Crippen MR) is 92.4 cm³/mol. The first-order valence-corrected chi connectivity index (χ1v) is 8.04. The smallest absolute Gasteiger partial charge is 0.260 e. The molecule has 2 N–H and O–H groups in total. The van der Waals surface area contributed by atoms with Gasteiger partial charge in [0, 0.05) is 6.54 Å². The molecule has 7 heteroatoms. The summed E-state index contributed by atoms with van der Waals surface area (Å²) in [6, 6.07) is 12.5. The monoisotopic (exact) mass is 343 g/mol. The topological polar surface area (TPSA) is 86.9 Å². The molecule has 7 nitrogen and oxygen atoms in total. The zero-order valence-electron chi connectivity index (χ0n) is 14.1. The van der Waals surface area contributed by atoms with Crippen molar-refractivity contribution in [2.24, 2.45) is 0 Å². The van der Waals surface area contributed by atoms with E-state index in [1.807, 2.05) is 12.1 Å². The van der Waals surface area contributed by atoms with E-state index in [9.17, 15) is 4.79 Å². The van der Waals surface area contributed by atoms with Crippen LogP contribution in [0.15, 0.2) is 42.5 Å². The molecule has 2 heterocycles. The lowest BCUT2D eigenvalue weighted by Gasteiger charge is -2.32. The van der Waals surface area contributed by atoms with E-state index in [1.165, 1.54) is 0 Å². The highest BCUT2D eigenvalue weighted by molar-refractivity contribution is 5.78. The van der Waals surface area contributed by atoms with Crippen LogP contribution in [0.4, 0.5) is 5.82 Å². The third-order valence-corrected chi connectivity index (χ3v) is 3.96. The fourth-order valence-electron chi connectivity index (χ4n) is 2.61. The number of rotatable bonds is 5. The second-order valence-corrected chi connectivity index (χ2v) is 5.65. The Bertz CT molecular complexity index is 721. The van der Waals surface area contributed by atoms with Crippen molar-refractivity contribution in [1.29, 1.82) is 0 Å². The molecule has 1 aromatic carbocycles. The molecule has 1 aliphatic heterocycles. The van der Waals surface area contributed by atoms with Crippen molar-refractivity contribution in [3.8, 4) is 11.5 Å². The van der Waals surface area contributed by atoms with Crippen LogP contribution >= 0.6 is 0 Å². The third kappa shape index (κ3) is 4.39. The first kappa shape index (κ1) is 17.0. The fraction of sp³-hybridized carbons (Fsp3) is 0.333. The first-order valence-electron chi connectivity index (χ1n) is 8.04. The van der Waals surface area contributed by atoms with Crippen molar-refractivity contribution < 1.29 is 19.0 Å². The molecule has 1 fully saturated rings. The molecule has 0 spiro atoms. The molecule has 0 saturated carbocycles. The molecule has 1 amide bonds. The average molecular weight is 343 g/mol. The van der Waals surface area contributed by atoms with Crippen LogP contribution in [-0.4, -0.2) is 49.2 Å². The van der Waals surface area contributed by atoms with E-state index < -0.39 is 0 Å². The summed E-state index contributed by atoms with van der Waals surface area (Å²) in [5, 5.41) is 0. The summed E-state index contributed by atoms with van der Waals surface area (Å²) in [7, 11) is 1.60. The molecule has 0 aliphatic carbocycles. The van der Waals surface area contributed by atoms with Gasteiger partial charge in [-0.3, -0.25) is 4.79 Å². The zero-order chi connectivity index (χ0) is 17.6.